The Bertz CT molecular complexity index is 174. The maximum Gasteiger partial charge on any atom is 2.00 e. The van der Waals surface area contributed by atoms with Crippen LogP contribution in [0, 0.1) is 0 Å². The Morgan fingerprint density at radius 2 is 1.22 bits per heavy atom. The molecule has 3 nitrogen and oxygen atoms in total. The molecule has 1 N–H and O–H groups in total. The summed E-state index contributed by atoms with van der Waals surface area (Å²) >= 11 is 0. The number of unbranched alkanes of at least 4 members (excludes halogenated alkanes) is 10. The first-order valence-electron chi connectivity index (χ1n) is 7.15. The van der Waals surface area contributed by atoms with E-state index in [0.717, 1.165) is 12.8 Å². The fourth-order valence-electron chi connectivity index (χ4n) is 1.98. The van der Waals surface area contributed by atoms with Gasteiger partial charge in [0, 0.05) is 6.42 Å². The Kier molecular flexibility index (Phi) is 19.6. The maximum absolute atomic E-state index is 10.6. The molecule has 0 radical (unpaired) electrons. The van der Waals surface area contributed by atoms with Crippen LogP contribution in [-0.2, 0) is 9.68 Å². The summed E-state index contributed by atoms with van der Waals surface area (Å²) in [5.41, 5.74) is 0. The van der Waals surface area contributed by atoms with Gasteiger partial charge in [-0.15, -0.1) is 0 Å². The van der Waals surface area contributed by atoms with Gasteiger partial charge in [0.15, 0.2) is 0 Å². The Labute approximate surface area is 128 Å². The minimum Gasteiger partial charge on any atom is -0.301 e. The molecule has 0 spiro atoms. The van der Waals surface area contributed by atoms with Crippen molar-refractivity contribution in [3.8, 4) is 0 Å². The normalized spacial score (nSPS) is 9.89. The quantitative estimate of drug-likeness (QED) is 0.248. The molecule has 0 unspecified atom stereocenters. The first-order valence-corrected chi connectivity index (χ1v) is 7.15. The van der Waals surface area contributed by atoms with E-state index in [1.54, 1.807) is 0 Å². The van der Waals surface area contributed by atoms with Crippen molar-refractivity contribution in [1.82, 2.24) is 0 Å². The molecule has 102 valence electrons. The van der Waals surface area contributed by atoms with Gasteiger partial charge in [-0.1, -0.05) is 71.1 Å². The van der Waals surface area contributed by atoms with Crippen LogP contribution in [0.2, 0.25) is 0 Å². The summed E-state index contributed by atoms with van der Waals surface area (Å²) in [5, 5.41) is 8.05. The smallest absolute Gasteiger partial charge is 0.301 e. The van der Waals surface area contributed by atoms with E-state index in [1.165, 1.54) is 57.8 Å². The fourth-order valence-corrected chi connectivity index (χ4v) is 1.98. The average molecular weight is 269 g/mol. The van der Waals surface area contributed by atoms with Crippen LogP contribution < -0.4 is 0 Å². The monoisotopic (exact) mass is 268 g/mol. The van der Waals surface area contributed by atoms with Crippen molar-refractivity contribution in [2.45, 2.75) is 84.0 Å². The van der Waals surface area contributed by atoms with Gasteiger partial charge in [0.25, 0.3) is 0 Å². The van der Waals surface area contributed by atoms with Gasteiger partial charge < -0.3 is 4.89 Å². The number of hydrogen-bond acceptors (Lipinski definition) is 3. The Hall–Kier alpha value is 0.196. The fraction of sp³-hybridized carbons (Fsp3) is 0.929. The molecule has 4 heteroatoms. The molecule has 0 heterocycles. The Morgan fingerprint density at radius 1 is 0.833 bits per heavy atom. The molecule has 0 fully saturated rings. The topological polar surface area (TPSA) is 46.5 Å². The summed E-state index contributed by atoms with van der Waals surface area (Å²) in [6.07, 6.45) is 14.2. The first-order chi connectivity index (χ1) is 8.31. The third kappa shape index (κ3) is 16.2. The SMILES string of the molecule is CCCCCCCCCCCCCC(=O)OO.[Mg+2]. The molecule has 18 heavy (non-hydrogen) atoms. The molecule has 0 aromatic carbocycles. The van der Waals surface area contributed by atoms with E-state index in [1.807, 2.05) is 0 Å². The zero-order valence-corrected chi connectivity index (χ0v) is 13.4. The van der Waals surface area contributed by atoms with Gasteiger partial charge in [-0.2, -0.15) is 5.26 Å². The molecule has 0 aromatic rings. The summed E-state index contributed by atoms with van der Waals surface area (Å²) in [6.45, 7) is 2.24. The second kappa shape index (κ2) is 17.2. The van der Waals surface area contributed by atoms with Gasteiger partial charge >= 0.3 is 29.0 Å². The van der Waals surface area contributed by atoms with Crippen LogP contribution >= 0.6 is 0 Å². The third-order valence-electron chi connectivity index (χ3n) is 3.09. The number of carbonyl (C=O) groups excluding carboxylic acids is 1. The van der Waals surface area contributed by atoms with E-state index in [2.05, 4.69) is 11.8 Å². The van der Waals surface area contributed by atoms with Gasteiger partial charge in [-0.25, -0.2) is 4.79 Å². The summed E-state index contributed by atoms with van der Waals surface area (Å²) < 4.78 is 0. The summed E-state index contributed by atoms with van der Waals surface area (Å²) in [4.78, 5) is 14.2. The van der Waals surface area contributed by atoms with Gasteiger partial charge in [0.2, 0.25) is 0 Å². The van der Waals surface area contributed by atoms with Crippen LogP contribution in [0.5, 0.6) is 0 Å². The molecule has 0 aliphatic carbocycles. The Morgan fingerprint density at radius 3 is 1.61 bits per heavy atom. The maximum atomic E-state index is 10.6. The van der Waals surface area contributed by atoms with E-state index >= 15 is 0 Å². The molecule has 0 aromatic heterocycles. The summed E-state index contributed by atoms with van der Waals surface area (Å²) in [6, 6.07) is 0. The molecular formula is C14H28MgO3+2. The molecule has 0 rings (SSSR count). The molecule has 0 amide bonds. The first kappa shape index (κ1) is 20.5. The van der Waals surface area contributed by atoms with Crippen LogP contribution in [0.4, 0.5) is 0 Å². The van der Waals surface area contributed by atoms with E-state index in [-0.39, 0.29) is 23.1 Å². The molecule has 0 aliphatic rings. The number of carbonyl (C=O) groups is 1. The Balaban J connectivity index is 0. The summed E-state index contributed by atoms with van der Waals surface area (Å²) in [7, 11) is 0. The second-order valence-corrected chi connectivity index (χ2v) is 4.75. The van der Waals surface area contributed by atoms with Crippen molar-refractivity contribution in [3.05, 3.63) is 0 Å². The van der Waals surface area contributed by atoms with Gasteiger partial charge in [-0.3, -0.25) is 0 Å². The third-order valence-corrected chi connectivity index (χ3v) is 3.09. The molecular weight excluding hydrogens is 240 g/mol. The average Bonchev–Trinajstić information content (AvgIpc) is 2.35. The van der Waals surface area contributed by atoms with Crippen molar-refractivity contribution in [3.63, 3.8) is 0 Å². The van der Waals surface area contributed by atoms with E-state index < -0.39 is 5.97 Å². The van der Waals surface area contributed by atoms with Crippen LogP contribution in [0.15, 0.2) is 0 Å². The minimum atomic E-state index is -0.513. The zero-order valence-electron chi connectivity index (χ0n) is 12.0. The predicted molar refractivity (Wildman–Crippen MR) is 75.6 cm³/mol. The minimum absolute atomic E-state index is 0. The zero-order chi connectivity index (χ0) is 12.8. The molecule has 0 aliphatic heterocycles. The van der Waals surface area contributed by atoms with Gasteiger partial charge in [0.1, 0.15) is 0 Å². The standard InChI is InChI=1S/C14H28O3.Mg/c1-2-3-4-5-6-7-8-9-10-11-12-13-14(15)17-16;/h16H,2-13H2,1H3;/q;+2. The van der Waals surface area contributed by atoms with Gasteiger partial charge in [0.05, 0.1) is 0 Å². The van der Waals surface area contributed by atoms with Crippen LogP contribution in [-0.4, -0.2) is 34.3 Å². The van der Waals surface area contributed by atoms with E-state index in [4.69, 9.17) is 5.26 Å². The van der Waals surface area contributed by atoms with Crippen molar-refractivity contribution < 1.29 is 14.9 Å². The van der Waals surface area contributed by atoms with Crippen LogP contribution in [0.1, 0.15) is 84.0 Å². The predicted octanol–water partition coefficient (Wildman–Crippen LogP) is 4.32. The second-order valence-electron chi connectivity index (χ2n) is 4.75. The summed E-state index contributed by atoms with van der Waals surface area (Å²) in [5.74, 6) is -0.513. The van der Waals surface area contributed by atoms with Crippen LogP contribution in [0.3, 0.4) is 0 Å². The molecule has 0 atom stereocenters. The molecule has 0 bridgehead atoms. The van der Waals surface area contributed by atoms with E-state index in [0.29, 0.717) is 6.42 Å². The largest absolute Gasteiger partial charge is 2.00 e. The van der Waals surface area contributed by atoms with Crippen molar-refractivity contribution in [1.29, 1.82) is 0 Å². The van der Waals surface area contributed by atoms with Crippen LogP contribution in [0.25, 0.3) is 0 Å². The van der Waals surface area contributed by atoms with E-state index in [9.17, 15) is 4.79 Å². The van der Waals surface area contributed by atoms with Gasteiger partial charge in [-0.05, 0) is 6.42 Å². The van der Waals surface area contributed by atoms with Crippen molar-refractivity contribution >= 4 is 29.0 Å². The number of hydrogen-bond donors (Lipinski definition) is 1. The van der Waals surface area contributed by atoms with Crippen molar-refractivity contribution in [2.24, 2.45) is 0 Å². The number of rotatable bonds is 12. The molecule has 0 saturated heterocycles. The molecule has 0 saturated carbocycles. The van der Waals surface area contributed by atoms with Crippen molar-refractivity contribution in [2.75, 3.05) is 0 Å².